The fourth-order valence-corrected chi connectivity index (χ4v) is 1.42. The summed E-state index contributed by atoms with van der Waals surface area (Å²) in [6.45, 7) is 1.82. The number of nitrogens with one attached hydrogen (secondary N) is 1. The molecule has 0 aromatic heterocycles. The van der Waals surface area contributed by atoms with Crippen molar-refractivity contribution in [3.8, 4) is 0 Å². The highest BCUT2D eigenvalue weighted by Crippen LogP contribution is 2.17. The van der Waals surface area contributed by atoms with Gasteiger partial charge in [0, 0.05) is 10.6 Å². The van der Waals surface area contributed by atoms with E-state index in [2.05, 4.69) is 5.32 Å². The molecule has 0 unspecified atom stereocenters. The quantitative estimate of drug-likeness (QED) is 0.610. The Bertz CT molecular complexity index is 330. The molecule has 1 N–H and O–H groups in total. The second-order valence-electron chi connectivity index (χ2n) is 2.72. The molecule has 0 saturated heterocycles. The number of rotatable bonds is 3. The Morgan fingerprint density at radius 1 is 1.36 bits per heavy atom. The summed E-state index contributed by atoms with van der Waals surface area (Å²) in [5.41, 5.74) is 0.825. The third kappa shape index (κ3) is 3.26. The van der Waals surface area contributed by atoms with Crippen molar-refractivity contribution >= 4 is 23.4 Å². The Balaban J connectivity index is 2.64. The van der Waals surface area contributed by atoms with Crippen LogP contribution in [0.15, 0.2) is 41.3 Å². The maximum atomic E-state index is 11.2. The van der Waals surface area contributed by atoms with Crippen molar-refractivity contribution in [3.05, 3.63) is 36.4 Å². The summed E-state index contributed by atoms with van der Waals surface area (Å²) in [5.74, 6) is -0.0931. The number of carbonyl (C=O) groups is 1. The summed E-state index contributed by atoms with van der Waals surface area (Å²) >= 11 is 1.68. The molecule has 0 aliphatic carbocycles. The topological polar surface area (TPSA) is 29.1 Å². The van der Waals surface area contributed by atoms with Crippen molar-refractivity contribution in [1.29, 1.82) is 0 Å². The zero-order valence-electron chi connectivity index (χ0n) is 8.28. The lowest BCUT2D eigenvalue weighted by atomic mass is 10.3. The van der Waals surface area contributed by atoms with E-state index in [0.29, 0.717) is 0 Å². The van der Waals surface area contributed by atoms with Gasteiger partial charge in [-0.15, -0.1) is 11.8 Å². The molecule has 0 radical (unpaired) electrons. The van der Waals surface area contributed by atoms with E-state index in [1.807, 2.05) is 37.4 Å². The molecule has 0 atom stereocenters. The summed E-state index contributed by atoms with van der Waals surface area (Å²) in [6.07, 6.45) is 5.24. The van der Waals surface area contributed by atoms with Crippen molar-refractivity contribution in [2.24, 2.45) is 0 Å². The van der Waals surface area contributed by atoms with E-state index in [0.717, 1.165) is 5.69 Å². The molecule has 0 bridgehead atoms. The number of amides is 1. The van der Waals surface area contributed by atoms with Gasteiger partial charge in [0.15, 0.2) is 0 Å². The van der Waals surface area contributed by atoms with Crippen LogP contribution >= 0.6 is 11.8 Å². The van der Waals surface area contributed by atoms with Gasteiger partial charge in [0.2, 0.25) is 5.91 Å². The van der Waals surface area contributed by atoms with Crippen LogP contribution in [0.3, 0.4) is 0 Å². The van der Waals surface area contributed by atoms with Gasteiger partial charge in [-0.2, -0.15) is 0 Å². The van der Waals surface area contributed by atoms with Crippen molar-refractivity contribution in [3.63, 3.8) is 0 Å². The highest BCUT2D eigenvalue weighted by molar-refractivity contribution is 7.98. The van der Waals surface area contributed by atoms with E-state index in [1.54, 1.807) is 17.8 Å². The van der Waals surface area contributed by atoms with E-state index < -0.39 is 0 Å². The second-order valence-corrected chi connectivity index (χ2v) is 3.60. The van der Waals surface area contributed by atoms with Crippen LogP contribution < -0.4 is 5.32 Å². The van der Waals surface area contributed by atoms with Crippen LogP contribution in [0.4, 0.5) is 5.69 Å². The molecule has 0 aliphatic rings. The molecule has 0 heterocycles. The zero-order chi connectivity index (χ0) is 10.4. The average Bonchev–Trinajstić information content (AvgIpc) is 2.19. The van der Waals surface area contributed by atoms with Crippen molar-refractivity contribution in [2.45, 2.75) is 11.8 Å². The van der Waals surface area contributed by atoms with Crippen LogP contribution in [0.25, 0.3) is 0 Å². The predicted octanol–water partition coefficient (Wildman–Crippen LogP) is 2.92. The van der Waals surface area contributed by atoms with E-state index in [-0.39, 0.29) is 5.91 Å². The van der Waals surface area contributed by atoms with Gasteiger partial charge in [-0.25, -0.2) is 0 Å². The van der Waals surface area contributed by atoms with Crippen LogP contribution in [0.1, 0.15) is 6.92 Å². The summed E-state index contributed by atoms with van der Waals surface area (Å²) in [6, 6.07) is 7.76. The smallest absolute Gasteiger partial charge is 0.248 e. The lowest BCUT2D eigenvalue weighted by Crippen LogP contribution is -2.07. The monoisotopic (exact) mass is 207 g/mol. The molecule has 0 spiro atoms. The predicted molar refractivity (Wildman–Crippen MR) is 61.7 cm³/mol. The van der Waals surface area contributed by atoms with E-state index in [1.165, 1.54) is 11.0 Å². The number of allylic oxidation sites excluding steroid dienone is 1. The van der Waals surface area contributed by atoms with Gasteiger partial charge in [0.05, 0.1) is 0 Å². The number of hydrogen-bond donors (Lipinski definition) is 1. The molecular weight excluding hydrogens is 194 g/mol. The lowest BCUT2D eigenvalue weighted by molar-refractivity contribution is -0.111. The first-order valence-electron chi connectivity index (χ1n) is 4.34. The van der Waals surface area contributed by atoms with E-state index in [9.17, 15) is 4.79 Å². The van der Waals surface area contributed by atoms with Crippen LogP contribution in [-0.4, -0.2) is 12.2 Å². The molecule has 74 valence electrons. The minimum atomic E-state index is -0.0931. The van der Waals surface area contributed by atoms with Crippen molar-refractivity contribution < 1.29 is 4.79 Å². The van der Waals surface area contributed by atoms with Crippen molar-refractivity contribution in [1.82, 2.24) is 0 Å². The maximum Gasteiger partial charge on any atom is 0.248 e. The summed E-state index contributed by atoms with van der Waals surface area (Å²) < 4.78 is 0. The van der Waals surface area contributed by atoms with Crippen LogP contribution in [0.2, 0.25) is 0 Å². The molecule has 1 rings (SSSR count). The Labute approximate surface area is 88.4 Å². The van der Waals surface area contributed by atoms with Gasteiger partial charge in [0.1, 0.15) is 0 Å². The van der Waals surface area contributed by atoms with Gasteiger partial charge in [-0.05, 0) is 43.5 Å². The molecule has 1 aromatic carbocycles. The van der Waals surface area contributed by atoms with Crippen LogP contribution in [0, 0.1) is 0 Å². The normalized spacial score (nSPS) is 10.4. The third-order valence-electron chi connectivity index (χ3n) is 1.68. The SMILES string of the molecule is C/C=C/C(=O)Nc1ccc(SC)cc1. The maximum absolute atomic E-state index is 11.2. The molecule has 1 aromatic rings. The average molecular weight is 207 g/mol. The Hall–Kier alpha value is -1.22. The second kappa shape index (κ2) is 5.50. The first-order chi connectivity index (χ1) is 6.76. The molecule has 3 heteroatoms. The van der Waals surface area contributed by atoms with Gasteiger partial charge < -0.3 is 5.32 Å². The van der Waals surface area contributed by atoms with Gasteiger partial charge in [0.25, 0.3) is 0 Å². The molecule has 0 fully saturated rings. The molecule has 2 nitrogen and oxygen atoms in total. The first kappa shape index (κ1) is 10.9. The highest BCUT2D eigenvalue weighted by Gasteiger charge is 1.96. The fourth-order valence-electron chi connectivity index (χ4n) is 1.01. The Morgan fingerprint density at radius 2 is 2.00 bits per heavy atom. The Kier molecular flexibility index (Phi) is 4.26. The zero-order valence-corrected chi connectivity index (χ0v) is 9.10. The van der Waals surface area contributed by atoms with E-state index >= 15 is 0 Å². The standard InChI is InChI=1S/C11H13NOS/c1-3-4-11(13)12-9-5-7-10(14-2)8-6-9/h3-8H,1-2H3,(H,12,13)/b4-3+. The molecule has 0 saturated carbocycles. The minimum absolute atomic E-state index is 0.0931. The number of anilines is 1. The van der Waals surface area contributed by atoms with Crippen molar-refractivity contribution in [2.75, 3.05) is 11.6 Å². The van der Waals surface area contributed by atoms with E-state index in [4.69, 9.17) is 0 Å². The molecular formula is C11H13NOS. The minimum Gasteiger partial charge on any atom is -0.323 e. The Morgan fingerprint density at radius 3 is 2.50 bits per heavy atom. The fraction of sp³-hybridized carbons (Fsp3) is 0.182. The lowest BCUT2D eigenvalue weighted by Gasteiger charge is -2.02. The summed E-state index contributed by atoms with van der Waals surface area (Å²) in [5, 5.41) is 2.76. The third-order valence-corrected chi connectivity index (χ3v) is 2.42. The van der Waals surface area contributed by atoms with Crippen LogP contribution in [0.5, 0.6) is 0 Å². The summed E-state index contributed by atoms with van der Waals surface area (Å²) in [4.78, 5) is 12.4. The van der Waals surface area contributed by atoms with Gasteiger partial charge >= 0.3 is 0 Å². The first-order valence-corrected chi connectivity index (χ1v) is 5.56. The molecule has 0 aliphatic heterocycles. The van der Waals surface area contributed by atoms with Gasteiger partial charge in [-0.1, -0.05) is 6.08 Å². The number of benzene rings is 1. The number of hydrogen-bond acceptors (Lipinski definition) is 2. The highest BCUT2D eigenvalue weighted by atomic mass is 32.2. The summed E-state index contributed by atoms with van der Waals surface area (Å²) in [7, 11) is 0. The largest absolute Gasteiger partial charge is 0.323 e. The molecule has 1 amide bonds. The molecule has 14 heavy (non-hydrogen) atoms. The number of carbonyl (C=O) groups excluding carboxylic acids is 1. The van der Waals surface area contributed by atoms with Crippen LogP contribution in [-0.2, 0) is 4.79 Å². The van der Waals surface area contributed by atoms with Gasteiger partial charge in [-0.3, -0.25) is 4.79 Å². The number of thioether (sulfide) groups is 1.